The Morgan fingerprint density at radius 2 is 2.00 bits per heavy atom. The summed E-state index contributed by atoms with van der Waals surface area (Å²) in [5.74, 6) is 1.25. The maximum absolute atomic E-state index is 12.3. The molecule has 1 aromatic carbocycles. The summed E-state index contributed by atoms with van der Waals surface area (Å²) in [5, 5.41) is 0. The van der Waals surface area contributed by atoms with Crippen molar-refractivity contribution in [1.82, 2.24) is 4.90 Å². The number of nitrogens with zero attached hydrogens (tertiary/aromatic N) is 1. The van der Waals surface area contributed by atoms with E-state index in [0.717, 1.165) is 37.2 Å². The van der Waals surface area contributed by atoms with E-state index in [1.807, 2.05) is 35.2 Å². The molecule has 0 atom stereocenters. The second kappa shape index (κ2) is 7.62. The number of methoxy groups -OCH3 is 1. The van der Waals surface area contributed by atoms with Crippen LogP contribution in [0, 0.1) is 5.92 Å². The zero-order valence-corrected chi connectivity index (χ0v) is 13.4. The van der Waals surface area contributed by atoms with E-state index in [9.17, 15) is 4.79 Å². The van der Waals surface area contributed by atoms with Gasteiger partial charge >= 0.3 is 0 Å². The highest BCUT2D eigenvalue weighted by atomic mass is 16.7. The van der Waals surface area contributed by atoms with Crippen molar-refractivity contribution in [3.05, 3.63) is 35.9 Å². The van der Waals surface area contributed by atoms with Gasteiger partial charge in [0.05, 0.1) is 20.3 Å². The summed E-state index contributed by atoms with van der Waals surface area (Å²) in [6, 6.07) is 7.66. The number of rotatable bonds is 4. The third-order valence-corrected chi connectivity index (χ3v) is 4.40. The van der Waals surface area contributed by atoms with Crippen molar-refractivity contribution in [3.63, 3.8) is 0 Å². The van der Waals surface area contributed by atoms with Gasteiger partial charge in [-0.25, -0.2) is 0 Å². The molecule has 0 aliphatic carbocycles. The fourth-order valence-electron chi connectivity index (χ4n) is 3.06. The van der Waals surface area contributed by atoms with Crippen molar-refractivity contribution in [2.75, 3.05) is 33.4 Å². The van der Waals surface area contributed by atoms with Crippen LogP contribution in [0.1, 0.15) is 18.4 Å². The first-order valence-electron chi connectivity index (χ1n) is 8.10. The molecular weight excluding hydrogens is 294 g/mol. The maximum atomic E-state index is 12.3. The summed E-state index contributed by atoms with van der Waals surface area (Å²) in [6.07, 6.45) is 5.27. The first kappa shape index (κ1) is 16.0. The molecule has 0 unspecified atom stereocenters. The van der Waals surface area contributed by atoms with Gasteiger partial charge in [-0.3, -0.25) is 4.79 Å². The predicted molar refractivity (Wildman–Crippen MR) is 87.0 cm³/mol. The third-order valence-electron chi connectivity index (χ3n) is 4.40. The van der Waals surface area contributed by atoms with Crippen molar-refractivity contribution in [1.29, 1.82) is 0 Å². The molecule has 0 N–H and O–H groups in total. The highest BCUT2D eigenvalue weighted by Crippen LogP contribution is 2.26. The van der Waals surface area contributed by atoms with E-state index in [4.69, 9.17) is 14.2 Å². The van der Waals surface area contributed by atoms with Crippen LogP contribution in [0.15, 0.2) is 30.3 Å². The molecule has 2 fully saturated rings. The number of carbonyl (C=O) groups excluding carboxylic acids is 1. The van der Waals surface area contributed by atoms with E-state index < -0.39 is 0 Å². The Labute approximate surface area is 136 Å². The van der Waals surface area contributed by atoms with Gasteiger partial charge in [0.15, 0.2) is 6.29 Å². The van der Waals surface area contributed by atoms with Crippen molar-refractivity contribution >= 4 is 12.0 Å². The van der Waals surface area contributed by atoms with Crippen molar-refractivity contribution in [2.45, 2.75) is 19.1 Å². The lowest BCUT2D eigenvalue weighted by molar-refractivity contribution is -0.131. The summed E-state index contributed by atoms with van der Waals surface area (Å²) in [5.41, 5.74) is 0.959. The first-order valence-corrected chi connectivity index (χ1v) is 8.10. The van der Waals surface area contributed by atoms with Crippen LogP contribution >= 0.6 is 0 Å². The number of piperidine rings is 1. The molecule has 124 valence electrons. The van der Waals surface area contributed by atoms with Gasteiger partial charge in [0, 0.05) is 25.1 Å². The molecule has 2 aliphatic heterocycles. The standard InChI is InChI=1S/C18H23NO4/c1-21-16-4-2-3-14(13-16)5-6-17(20)19-9-7-15(8-10-19)18-22-11-12-23-18/h2-6,13,15,18H,7-12H2,1H3/b6-5+. The Hall–Kier alpha value is -1.85. The molecule has 23 heavy (non-hydrogen) atoms. The fourth-order valence-corrected chi connectivity index (χ4v) is 3.06. The Bertz CT molecular complexity index is 558. The lowest BCUT2D eigenvalue weighted by Gasteiger charge is -2.33. The Morgan fingerprint density at radius 3 is 2.70 bits per heavy atom. The highest BCUT2D eigenvalue weighted by molar-refractivity contribution is 5.91. The zero-order valence-electron chi connectivity index (χ0n) is 13.4. The topological polar surface area (TPSA) is 48.0 Å². The molecule has 0 spiro atoms. The second-order valence-electron chi connectivity index (χ2n) is 5.88. The monoisotopic (exact) mass is 317 g/mol. The van der Waals surface area contributed by atoms with E-state index in [-0.39, 0.29) is 12.2 Å². The number of ether oxygens (including phenoxy) is 3. The molecule has 2 aliphatic rings. The highest BCUT2D eigenvalue weighted by Gasteiger charge is 2.31. The Balaban J connectivity index is 1.51. The van der Waals surface area contributed by atoms with Crippen molar-refractivity contribution < 1.29 is 19.0 Å². The summed E-state index contributed by atoms with van der Waals surface area (Å²) in [6.45, 7) is 2.89. The number of carbonyl (C=O) groups is 1. The number of benzene rings is 1. The van der Waals surface area contributed by atoms with Crippen molar-refractivity contribution in [3.8, 4) is 5.75 Å². The van der Waals surface area contributed by atoms with Crippen LogP contribution in [0.25, 0.3) is 6.08 Å². The molecule has 5 heteroatoms. The van der Waals surface area contributed by atoms with Crippen LogP contribution < -0.4 is 4.74 Å². The summed E-state index contributed by atoms with van der Waals surface area (Å²) < 4.78 is 16.3. The van der Waals surface area contributed by atoms with Crippen LogP contribution in [-0.4, -0.2) is 50.5 Å². The first-order chi connectivity index (χ1) is 11.3. The summed E-state index contributed by atoms with van der Waals surface area (Å²) >= 11 is 0. The van der Waals surface area contributed by atoms with Gasteiger partial charge < -0.3 is 19.1 Å². The van der Waals surface area contributed by atoms with Crippen LogP contribution in [0.3, 0.4) is 0 Å². The molecule has 0 radical (unpaired) electrons. The molecule has 5 nitrogen and oxygen atoms in total. The third kappa shape index (κ3) is 4.12. The quantitative estimate of drug-likeness (QED) is 0.800. The van der Waals surface area contributed by atoms with Gasteiger partial charge in [-0.05, 0) is 36.6 Å². The predicted octanol–water partition coefficient (Wildman–Crippen LogP) is 2.32. The SMILES string of the molecule is COc1cccc(/C=C/C(=O)N2CCC(C3OCCO3)CC2)c1. The number of amides is 1. The summed E-state index contributed by atoms with van der Waals surface area (Å²) in [4.78, 5) is 14.2. The molecule has 2 saturated heterocycles. The van der Waals surface area contributed by atoms with E-state index in [1.165, 1.54) is 0 Å². The minimum atomic E-state index is -0.0698. The molecular formula is C18H23NO4. The zero-order chi connectivity index (χ0) is 16.1. The van der Waals surface area contributed by atoms with E-state index >= 15 is 0 Å². The minimum Gasteiger partial charge on any atom is -0.497 e. The molecule has 1 amide bonds. The van der Waals surface area contributed by atoms with E-state index in [0.29, 0.717) is 19.1 Å². The van der Waals surface area contributed by atoms with Gasteiger partial charge in [-0.1, -0.05) is 12.1 Å². The van der Waals surface area contributed by atoms with E-state index in [2.05, 4.69) is 0 Å². The number of hydrogen-bond acceptors (Lipinski definition) is 4. The average molecular weight is 317 g/mol. The Morgan fingerprint density at radius 1 is 1.26 bits per heavy atom. The van der Waals surface area contributed by atoms with Gasteiger partial charge in [0.1, 0.15) is 5.75 Å². The lowest BCUT2D eigenvalue weighted by atomic mass is 9.96. The molecule has 2 heterocycles. The smallest absolute Gasteiger partial charge is 0.246 e. The molecule has 0 bridgehead atoms. The molecule has 1 aromatic rings. The van der Waals surface area contributed by atoms with E-state index in [1.54, 1.807) is 13.2 Å². The second-order valence-corrected chi connectivity index (χ2v) is 5.88. The normalized spacial score (nSPS) is 20.3. The molecule has 3 rings (SSSR count). The van der Waals surface area contributed by atoms with Gasteiger partial charge in [0.2, 0.25) is 5.91 Å². The average Bonchev–Trinajstić information content (AvgIpc) is 3.14. The minimum absolute atomic E-state index is 0.0551. The van der Waals surface area contributed by atoms with Gasteiger partial charge in [-0.2, -0.15) is 0 Å². The van der Waals surface area contributed by atoms with Gasteiger partial charge in [0.25, 0.3) is 0 Å². The van der Waals surface area contributed by atoms with Crippen LogP contribution in [0.2, 0.25) is 0 Å². The van der Waals surface area contributed by atoms with Crippen LogP contribution in [0.5, 0.6) is 5.75 Å². The molecule has 0 saturated carbocycles. The summed E-state index contributed by atoms with van der Waals surface area (Å²) in [7, 11) is 1.63. The Kier molecular flexibility index (Phi) is 5.31. The number of hydrogen-bond donors (Lipinski definition) is 0. The fraction of sp³-hybridized carbons (Fsp3) is 0.500. The number of likely N-dealkylation sites (tertiary alicyclic amines) is 1. The largest absolute Gasteiger partial charge is 0.497 e. The van der Waals surface area contributed by atoms with Crippen LogP contribution in [-0.2, 0) is 14.3 Å². The van der Waals surface area contributed by atoms with Crippen LogP contribution in [0.4, 0.5) is 0 Å². The lowest BCUT2D eigenvalue weighted by Crippen LogP contribution is -2.40. The van der Waals surface area contributed by atoms with Crippen molar-refractivity contribution in [2.24, 2.45) is 5.92 Å². The molecule has 0 aromatic heterocycles. The van der Waals surface area contributed by atoms with Gasteiger partial charge in [-0.15, -0.1) is 0 Å². The maximum Gasteiger partial charge on any atom is 0.246 e.